The monoisotopic (exact) mass is 329 g/mol. The molecule has 7 nitrogen and oxygen atoms in total. The van der Waals surface area contributed by atoms with Gasteiger partial charge in [0.25, 0.3) is 5.91 Å². The summed E-state index contributed by atoms with van der Waals surface area (Å²) in [5.74, 6) is 0.223. The van der Waals surface area contributed by atoms with Crippen LogP contribution in [-0.4, -0.2) is 44.9 Å². The molecule has 1 aliphatic rings. The quantitative estimate of drug-likeness (QED) is 0.762. The summed E-state index contributed by atoms with van der Waals surface area (Å²) in [5, 5.41) is 21.7. The first kappa shape index (κ1) is 16.4. The smallest absolute Gasteiger partial charge is 0.256 e. The Morgan fingerprint density at radius 1 is 1.25 bits per heavy atom. The summed E-state index contributed by atoms with van der Waals surface area (Å²) in [6.45, 7) is -0.0663. The summed E-state index contributed by atoms with van der Waals surface area (Å²) in [6, 6.07) is 10.4. The maximum atomic E-state index is 12.1. The van der Waals surface area contributed by atoms with Gasteiger partial charge in [-0.15, -0.1) is 0 Å². The van der Waals surface area contributed by atoms with Crippen molar-refractivity contribution in [1.29, 1.82) is 0 Å². The molecular formula is C17H19N3O4. The van der Waals surface area contributed by atoms with Crippen LogP contribution < -0.4 is 10.1 Å². The predicted molar refractivity (Wildman–Crippen MR) is 86.7 cm³/mol. The second-order valence-electron chi connectivity index (χ2n) is 5.78. The first-order valence-electron chi connectivity index (χ1n) is 7.79. The number of hydrogen-bond acceptors (Lipinski definition) is 6. The van der Waals surface area contributed by atoms with Crippen LogP contribution in [0.3, 0.4) is 0 Å². The Labute approximate surface area is 139 Å². The summed E-state index contributed by atoms with van der Waals surface area (Å²) < 4.78 is 5.73. The van der Waals surface area contributed by atoms with Gasteiger partial charge < -0.3 is 20.3 Å². The number of aromatic nitrogens is 2. The van der Waals surface area contributed by atoms with Gasteiger partial charge in [0.1, 0.15) is 18.2 Å². The van der Waals surface area contributed by atoms with Crippen molar-refractivity contribution in [2.24, 2.45) is 5.92 Å². The van der Waals surface area contributed by atoms with Gasteiger partial charge in [-0.1, -0.05) is 18.2 Å². The van der Waals surface area contributed by atoms with Gasteiger partial charge in [-0.05, 0) is 18.6 Å². The Balaban J connectivity index is 1.63. The predicted octanol–water partition coefficient (Wildman–Crippen LogP) is 1.24. The molecule has 0 spiro atoms. The van der Waals surface area contributed by atoms with Crippen LogP contribution in [0.15, 0.2) is 42.7 Å². The van der Waals surface area contributed by atoms with Gasteiger partial charge in [-0.25, -0.2) is 9.97 Å². The van der Waals surface area contributed by atoms with Crippen molar-refractivity contribution in [2.45, 2.75) is 25.0 Å². The highest BCUT2D eigenvalue weighted by molar-refractivity contribution is 6.03. The summed E-state index contributed by atoms with van der Waals surface area (Å²) in [5.41, 5.74) is 0.531. The molecule has 0 bridgehead atoms. The van der Waals surface area contributed by atoms with Gasteiger partial charge in [0, 0.05) is 30.6 Å². The van der Waals surface area contributed by atoms with E-state index in [9.17, 15) is 15.0 Å². The molecule has 0 saturated heterocycles. The van der Waals surface area contributed by atoms with Crippen LogP contribution >= 0.6 is 0 Å². The Morgan fingerprint density at radius 2 is 2.04 bits per heavy atom. The minimum absolute atomic E-state index is 0.0663. The number of nitrogens with zero attached hydrogens (tertiary/aromatic N) is 2. The third-order valence-corrected chi connectivity index (χ3v) is 4.06. The van der Waals surface area contributed by atoms with Crippen molar-refractivity contribution >= 4 is 11.7 Å². The number of amides is 1. The second kappa shape index (κ2) is 7.37. The first-order chi connectivity index (χ1) is 11.7. The zero-order valence-corrected chi connectivity index (χ0v) is 13.0. The van der Waals surface area contributed by atoms with Crippen LogP contribution in [0.5, 0.6) is 5.88 Å². The average Bonchev–Trinajstić information content (AvgIpc) is 2.95. The summed E-state index contributed by atoms with van der Waals surface area (Å²) >= 11 is 0. The number of carbonyl (C=O) groups excluding carboxylic acids is 1. The molecular weight excluding hydrogens is 310 g/mol. The van der Waals surface area contributed by atoms with Gasteiger partial charge in [0.2, 0.25) is 5.88 Å². The van der Waals surface area contributed by atoms with Crippen LogP contribution in [0, 0.1) is 5.92 Å². The van der Waals surface area contributed by atoms with Crippen molar-refractivity contribution in [3.05, 3.63) is 48.3 Å². The highest BCUT2D eigenvalue weighted by atomic mass is 16.5. The zero-order chi connectivity index (χ0) is 16.9. The Bertz CT molecular complexity index is 695. The van der Waals surface area contributed by atoms with Crippen molar-refractivity contribution in [3.63, 3.8) is 0 Å². The van der Waals surface area contributed by atoms with E-state index in [1.165, 1.54) is 6.33 Å². The largest absolute Gasteiger partial charge is 0.474 e. The van der Waals surface area contributed by atoms with Crippen molar-refractivity contribution in [2.75, 3.05) is 11.9 Å². The van der Waals surface area contributed by atoms with Crippen LogP contribution in [-0.2, 0) is 0 Å². The fourth-order valence-corrected chi connectivity index (χ4v) is 2.77. The van der Waals surface area contributed by atoms with Gasteiger partial charge in [-0.3, -0.25) is 4.79 Å². The molecule has 3 rings (SSSR count). The highest BCUT2D eigenvalue weighted by Gasteiger charge is 2.34. The number of anilines is 1. The van der Waals surface area contributed by atoms with E-state index in [-0.39, 0.29) is 24.5 Å². The number of aliphatic hydroxyl groups is 2. The summed E-state index contributed by atoms with van der Waals surface area (Å²) in [4.78, 5) is 20.2. The Hall–Kier alpha value is -2.51. The normalized spacial score (nSPS) is 23.0. The number of benzene rings is 1. The number of rotatable bonds is 5. The molecule has 0 unspecified atom stereocenters. The maximum Gasteiger partial charge on any atom is 0.256 e. The maximum absolute atomic E-state index is 12.1. The Kier molecular flexibility index (Phi) is 5.02. The summed E-state index contributed by atoms with van der Waals surface area (Å²) in [6.07, 6.45) is 1.53. The minimum Gasteiger partial charge on any atom is -0.474 e. The molecule has 1 aromatic heterocycles. The van der Waals surface area contributed by atoms with E-state index >= 15 is 0 Å². The minimum atomic E-state index is -0.570. The van der Waals surface area contributed by atoms with E-state index in [1.54, 1.807) is 30.3 Å². The number of aliphatic hydroxyl groups excluding tert-OH is 2. The number of nitrogens with one attached hydrogen (secondary N) is 1. The molecule has 1 aliphatic carbocycles. The van der Waals surface area contributed by atoms with Crippen LogP contribution in [0.4, 0.5) is 5.82 Å². The average molecular weight is 329 g/mol. The summed E-state index contributed by atoms with van der Waals surface area (Å²) in [7, 11) is 0. The molecule has 7 heteroatoms. The van der Waals surface area contributed by atoms with Gasteiger partial charge >= 0.3 is 0 Å². The van der Waals surface area contributed by atoms with Crippen molar-refractivity contribution in [1.82, 2.24) is 9.97 Å². The lowest BCUT2D eigenvalue weighted by Gasteiger charge is -2.13. The highest BCUT2D eigenvalue weighted by Crippen LogP contribution is 2.29. The lowest BCUT2D eigenvalue weighted by Crippen LogP contribution is -2.16. The molecule has 1 amide bonds. The van der Waals surface area contributed by atoms with E-state index in [2.05, 4.69) is 15.3 Å². The number of hydrogen-bond donors (Lipinski definition) is 3. The lowest BCUT2D eigenvalue weighted by atomic mass is 10.1. The SMILES string of the molecule is O=C(Nc1cc(O[C@@H]2C[C@H](CO)[C@@H](O)C2)ncn1)c1ccccc1. The number of ether oxygens (including phenoxy) is 1. The zero-order valence-electron chi connectivity index (χ0n) is 13.0. The Morgan fingerprint density at radius 3 is 2.75 bits per heavy atom. The van der Waals surface area contributed by atoms with E-state index in [1.807, 2.05) is 6.07 Å². The second-order valence-corrected chi connectivity index (χ2v) is 5.78. The fraction of sp³-hybridized carbons (Fsp3) is 0.353. The molecule has 1 fully saturated rings. The molecule has 1 saturated carbocycles. The third-order valence-electron chi connectivity index (χ3n) is 4.06. The molecule has 0 aliphatic heterocycles. The van der Waals surface area contributed by atoms with Crippen molar-refractivity contribution < 1.29 is 19.7 Å². The van der Waals surface area contributed by atoms with Crippen LogP contribution in [0.2, 0.25) is 0 Å². The fourth-order valence-electron chi connectivity index (χ4n) is 2.77. The van der Waals surface area contributed by atoms with E-state index in [0.29, 0.717) is 30.1 Å². The molecule has 1 aromatic carbocycles. The molecule has 2 aromatic rings. The van der Waals surface area contributed by atoms with Gasteiger partial charge in [0.05, 0.1) is 6.10 Å². The first-order valence-corrected chi connectivity index (χ1v) is 7.79. The van der Waals surface area contributed by atoms with E-state index < -0.39 is 6.10 Å². The van der Waals surface area contributed by atoms with Crippen LogP contribution in [0.1, 0.15) is 23.2 Å². The molecule has 3 atom stereocenters. The van der Waals surface area contributed by atoms with E-state index in [0.717, 1.165) is 0 Å². The molecule has 126 valence electrons. The third kappa shape index (κ3) is 3.87. The van der Waals surface area contributed by atoms with Gasteiger partial charge in [0.15, 0.2) is 0 Å². The van der Waals surface area contributed by atoms with Gasteiger partial charge in [-0.2, -0.15) is 0 Å². The molecule has 0 radical (unpaired) electrons. The lowest BCUT2D eigenvalue weighted by molar-refractivity contribution is 0.0896. The molecule has 1 heterocycles. The van der Waals surface area contributed by atoms with Crippen LogP contribution in [0.25, 0.3) is 0 Å². The topological polar surface area (TPSA) is 105 Å². The molecule has 24 heavy (non-hydrogen) atoms. The van der Waals surface area contributed by atoms with E-state index in [4.69, 9.17) is 4.74 Å². The standard InChI is InChI=1S/C17H19N3O4/c21-9-12-6-13(7-14(12)22)24-16-8-15(18-10-19-16)20-17(23)11-4-2-1-3-5-11/h1-5,8,10,12-14,21-22H,6-7,9H2,(H,18,19,20,23)/t12-,13-,14+/m1/s1. The van der Waals surface area contributed by atoms with Crippen molar-refractivity contribution in [3.8, 4) is 5.88 Å². The number of carbonyl (C=O) groups is 1. The molecule has 3 N–H and O–H groups in total.